The first kappa shape index (κ1) is 9.15. The van der Waals surface area contributed by atoms with E-state index in [2.05, 4.69) is 26.1 Å². The summed E-state index contributed by atoms with van der Waals surface area (Å²) in [6.45, 7) is 2.78. The summed E-state index contributed by atoms with van der Waals surface area (Å²) in [5.74, 6) is 0.638. The molecule has 0 N–H and O–H groups in total. The number of aromatic nitrogens is 2. The number of hydrogen-bond donors (Lipinski definition) is 0. The van der Waals surface area contributed by atoms with Crippen LogP contribution in [0.3, 0.4) is 0 Å². The smallest absolute Gasteiger partial charge is 0.293 e. The zero-order chi connectivity index (χ0) is 9.31. The molecule has 1 atom stereocenters. The summed E-state index contributed by atoms with van der Waals surface area (Å²) in [7, 11) is 0. The van der Waals surface area contributed by atoms with Gasteiger partial charge in [0.05, 0.1) is 0 Å². The van der Waals surface area contributed by atoms with Crippen LogP contribution < -0.4 is 0 Å². The molecule has 0 bridgehead atoms. The molecule has 72 valence electrons. The molecule has 0 radical (unpaired) electrons. The van der Waals surface area contributed by atoms with Gasteiger partial charge in [0, 0.05) is 22.5 Å². The highest BCUT2D eigenvalue weighted by Gasteiger charge is 2.34. The van der Waals surface area contributed by atoms with Crippen LogP contribution in [0.2, 0.25) is 0 Å². The summed E-state index contributed by atoms with van der Waals surface area (Å²) in [6.07, 6.45) is 3.23. The van der Waals surface area contributed by atoms with E-state index in [9.17, 15) is 0 Å². The predicted octanol–water partition coefficient (Wildman–Crippen LogP) is 2.25. The van der Waals surface area contributed by atoms with Gasteiger partial charge in [-0.05, 0) is 26.2 Å². The second-order valence-electron chi connectivity index (χ2n) is 3.41. The lowest BCUT2D eigenvalue weighted by Crippen LogP contribution is -2.31. The van der Waals surface area contributed by atoms with Gasteiger partial charge in [-0.2, -0.15) is 4.98 Å². The van der Waals surface area contributed by atoms with Crippen molar-refractivity contribution < 1.29 is 9.26 Å². The number of nitrogens with zero attached hydrogens (tertiary/aromatic N) is 2. The molecule has 0 amide bonds. The van der Waals surface area contributed by atoms with E-state index in [4.69, 9.17) is 9.26 Å². The van der Waals surface area contributed by atoms with Crippen LogP contribution in [-0.4, -0.2) is 16.7 Å². The lowest BCUT2D eigenvalue weighted by Gasteiger charge is -2.30. The molecule has 1 saturated heterocycles. The second kappa shape index (κ2) is 3.38. The minimum absolute atomic E-state index is 0.353. The Morgan fingerprint density at radius 3 is 2.85 bits per heavy atom. The minimum atomic E-state index is -0.353. The molecule has 1 aliphatic heterocycles. The Morgan fingerprint density at radius 1 is 1.46 bits per heavy atom. The highest BCUT2D eigenvalue weighted by Crippen LogP contribution is 2.32. The summed E-state index contributed by atoms with van der Waals surface area (Å²) in [5.41, 5.74) is -0.353. The third-order valence-electron chi connectivity index (χ3n) is 2.34. The van der Waals surface area contributed by atoms with Crippen molar-refractivity contribution in [3.8, 4) is 0 Å². The Labute approximate surface area is 84.8 Å². The summed E-state index contributed by atoms with van der Waals surface area (Å²) in [5, 5.41) is 3.85. The van der Waals surface area contributed by atoms with Crippen LogP contribution in [0.15, 0.2) is 9.32 Å². The molecular weight excluding hydrogens is 236 g/mol. The Kier molecular flexibility index (Phi) is 2.38. The van der Waals surface area contributed by atoms with Gasteiger partial charge in [0.25, 0.3) is 4.80 Å². The first-order valence-corrected chi connectivity index (χ1v) is 5.14. The molecule has 4 nitrogen and oxygen atoms in total. The highest BCUT2D eigenvalue weighted by atomic mass is 79.9. The topological polar surface area (TPSA) is 48.2 Å². The molecular formula is C8H11BrN2O2. The number of hydrogen-bond acceptors (Lipinski definition) is 4. The van der Waals surface area contributed by atoms with Gasteiger partial charge in [-0.3, -0.25) is 0 Å². The van der Waals surface area contributed by atoms with Gasteiger partial charge in [-0.25, -0.2) is 0 Å². The summed E-state index contributed by atoms with van der Waals surface area (Å²) in [6, 6.07) is 0. The van der Waals surface area contributed by atoms with E-state index in [-0.39, 0.29) is 5.60 Å². The van der Waals surface area contributed by atoms with Crippen molar-refractivity contribution in [2.75, 3.05) is 6.61 Å². The van der Waals surface area contributed by atoms with Crippen LogP contribution in [0.25, 0.3) is 0 Å². The maximum Gasteiger partial charge on any atom is 0.293 e. The van der Waals surface area contributed by atoms with Crippen molar-refractivity contribution >= 4 is 15.9 Å². The molecule has 0 spiro atoms. The lowest BCUT2D eigenvalue weighted by molar-refractivity contribution is -0.0770. The van der Waals surface area contributed by atoms with Crippen molar-refractivity contribution in [3.63, 3.8) is 0 Å². The Hall–Kier alpha value is -0.420. The fourth-order valence-corrected chi connectivity index (χ4v) is 1.77. The SMILES string of the molecule is CC1(c2noc(Br)n2)CCCCO1. The predicted molar refractivity (Wildman–Crippen MR) is 49.2 cm³/mol. The Morgan fingerprint density at radius 2 is 2.31 bits per heavy atom. The monoisotopic (exact) mass is 246 g/mol. The lowest BCUT2D eigenvalue weighted by atomic mass is 9.95. The first-order chi connectivity index (χ1) is 6.21. The van der Waals surface area contributed by atoms with Crippen molar-refractivity contribution in [1.29, 1.82) is 0 Å². The van der Waals surface area contributed by atoms with Gasteiger partial charge in [0.2, 0.25) is 5.82 Å². The molecule has 0 aliphatic carbocycles. The highest BCUT2D eigenvalue weighted by molar-refractivity contribution is 9.10. The van der Waals surface area contributed by atoms with E-state index in [0.717, 1.165) is 25.9 Å². The summed E-state index contributed by atoms with van der Waals surface area (Å²) in [4.78, 5) is 4.53. The third kappa shape index (κ3) is 1.76. The minimum Gasteiger partial charge on any atom is -0.367 e. The van der Waals surface area contributed by atoms with E-state index in [1.54, 1.807) is 0 Å². The van der Waals surface area contributed by atoms with Crippen molar-refractivity contribution in [2.24, 2.45) is 0 Å². The Bertz CT molecular complexity index is 294. The normalized spacial score (nSPS) is 29.1. The van der Waals surface area contributed by atoms with E-state index in [1.165, 1.54) is 0 Å². The van der Waals surface area contributed by atoms with E-state index >= 15 is 0 Å². The van der Waals surface area contributed by atoms with Crippen LogP contribution in [-0.2, 0) is 10.3 Å². The third-order valence-corrected chi connectivity index (χ3v) is 2.67. The van der Waals surface area contributed by atoms with Gasteiger partial charge in [-0.1, -0.05) is 5.16 Å². The average molecular weight is 247 g/mol. The van der Waals surface area contributed by atoms with Crippen molar-refractivity contribution in [3.05, 3.63) is 10.6 Å². The van der Waals surface area contributed by atoms with Crippen LogP contribution in [0.4, 0.5) is 0 Å². The molecule has 1 aromatic rings. The van der Waals surface area contributed by atoms with Crippen molar-refractivity contribution in [1.82, 2.24) is 10.1 Å². The average Bonchev–Trinajstić information content (AvgIpc) is 2.54. The molecule has 1 fully saturated rings. The van der Waals surface area contributed by atoms with Gasteiger partial charge >= 0.3 is 0 Å². The van der Waals surface area contributed by atoms with Gasteiger partial charge in [0.1, 0.15) is 5.60 Å². The second-order valence-corrected chi connectivity index (χ2v) is 4.09. The molecule has 0 saturated carbocycles. The molecule has 5 heteroatoms. The summed E-state index contributed by atoms with van der Waals surface area (Å²) >= 11 is 3.13. The maximum atomic E-state index is 5.66. The zero-order valence-corrected chi connectivity index (χ0v) is 9.00. The molecule has 2 heterocycles. The van der Waals surface area contributed by atoms with Crippen molar-refractivity contribution in [2.45, 2.75) is 31.8 Å². The number of rotatable bonds is 1. The molecule has 1 aliphatic rings. The number of ether oxygens (including phenoxy) is 1. The van der Waals surface area contributed by atoms with E-state index < -0.39 is 0 Å². The molecule has 13 heavy (non-hydrogen) atoms. The van der Waals surface area contributed by atoms with Crippen LogP contribution >= 0.6 is 15.9 Å². The molecule has 2 rings (SSSR count). The zero-order valence-electron chi connectivity index (χ0n) is 7.42. The molecule has 0 aromatic carbocycles. The van der Waals surface area contributed by atoms with Crippen LogP contribution in [0.5, 0.6) is 0 Å². The standard InChI is InChI=1S/C8H11BrN2O2/c1-8(4-2-3-5-12-8)6-10-7(9)13-11-6/h2-5H2,1H3. The molecule has 1 aromatic heterocycles. The largest absolute Gasteiger partial charge is 0.367 e. The van der Waals surface area contributed by atoms with Gasteiger partial charge in [0.15, 0.2) is 0 Å². The van der Waals surface area contributed by atoms with Crippen LogP contribution in [0, 0.1) is 0 Å². The quantitative estimate of drug-likeness (QED) is 0.763. The number of halogens is 1. The van der Waals surface area contributed by atoms with E-state index in [0.29, 0.717) is 10.6 Å². The fraction of sp³-hybridized carbons (Fsp3) is 0.750. The van der Waals surface area contributed by atoms with Gasteiger partial charge < -0.3 is 9.26 Å². The molecule has 1 unspecified atom stereocenters. The maximum absolute atomic E-state index is 5.66. The Balaban J connectivity index is 2.22. The van der Waals surface area contributed by atoms with Crippen LogP contribution in [0.1, 0.15) is 32.0 Å². The fourth-order valence-electron chi connectivity index (χ4n) is 1.53. The van der Waals surface area contributed by atoms with E-state index in [1.807, 2.05) is 6.92 Å². The summed E-state index contributed by atoms with van der Waals surface area (Å²) < 4.78 is 10.5. The van der Waals surface area contributed by atoms with Gasteiger partial charge in [-0.15, -0.1) is 0 Å². The first-order valence-electron chi connectivity index (χ1n) is 4.34.